The first-order valence-corrected chi connectivity index (χ1v) is 4.72. The second-order valence-corrected chi connectivity index (χ2v) is 3.90. The van der Waals surface area contributed by atoms with Crippen molar-refractivity contribution in [2.45, 2.75) is 18.5 Å². The molecule has 0 aromatic carbocycles. The molecule has 2 aliphatic rings. The van der Waals surface area contributed by atoms with Gasteiger partial charge in [0, 0.05) is 19.9 Å². The summed E-state index contributed by atoms with van der Waals surface area (Å²) < 4.78 is 5.32. The van der Waals surface area contributed by atoms with Gasteiger partial charge in [0.1, 0.15) is 5.66 Å². The molecule has 0 unspecified atom stereocenters. The molecule has 13 heavy (non-hydrogen) atoms. The lowest BCUT2D eigenvalue weighted by molar-refractivity contribution is -0.132. The summed E-state index contributed by atoms with van der Waals surface area (Å²) in [5.41, 5.74) is -0.0463. The molecule has 2 fully saturated rings. The van der Waals surface area contributed by atoms with E-state index in [1.807, 2.05) is 19.0 Å². The van der Waals surface area contributed by atoms with Crippen LogP contribution < -0.4 is 0 Å². The standard InChI is InChI=1S/C9H16N2O2/c1-10-7-8(12)11(2)9(10)3-5-13-6-4-9/h3-7H2,1-2H3. The van der Waals surface area contributed by atoms with E-state index in [9.17, 15) is 4.79 Å². The number of hydrogen-bond acceptors (Lipinski definition) is 3. The molecule has 2 saturated heterocycles. The van der Waals surface area contributed by atoms with E-state index < -0.39 is 0 Å². The van der Waals surface area contributed by atoms with Gasteiger partial charge in [0.15, 0.2) is 0 Å². The number of ether oxygens (including phenoxy) is 1. The summed E-state index contributed by atoms with van der Waals surface area (Å²) >= 11 is 0. The van der Waals surface area contributed by atoms with Gasteiger partial charge < -0.3 is 9.64 Å². The lowest BCUT2D eigenvalue weighted by Gasteiger charge is -2.43. The van der Waals surface area contributed by atoms with E-state index in [4.69, 9.17) is 4.74 Å². The highest BCUT2D eigenvalue weighted by Gasteiger charge is 2.47. The number of carbonyl (C=O) groups is 1. The zero-order valence-electron chi connectivity index (χ0n) is 8.25. The summed E-state index contributed by atoms with van der Waals surface area (Å²) in [6.07, 6.45) is 1.87. The molecule has 1 spiro atoms. The summed E-state index contributed by atoms with van der Waals surface area (Å²) in [7, 11) is 3.92. The molecule has 4 heteroatoms. The fourth-order valence-corrected chi connectivity index (χ4v) is 2.36. The summed E-state index contributed by atoms with van der Waals surface area (Å²) in [6, 6.07) is 0. The van der Waals surface area contributed by atoms with Gasteiger partial charge >= 0.3 is 0 Å². The molecule has 0 saturated carbocycles. The summed E-state index contributed by atoms with van der Waals surface area (Å²) in [5, 5.41) is 0. The fraction of sp³-hybridized carbons (Fsp3) is 0.889. The molecule has 4 nitrogen and oxygen atoms in total. The van der Waals surface area contributed by atoms with Crippen molar-refractivity contribution in [2.24, 2.45) is 0 Å². The van der Waals surface area contributed by atoms with Gasteiger partial charge in [0.25, 0.3) is 0 Å². The maximum atomic E-state index is 11.5. The van der Waals surface area contributed by atoms with Gasteiger partial charge in [-0.15, -0.1) is 0 Å². The van der Waals surface area contributed by atoms with Crippen LogP contribution in [-0.2, 0) is 9.53 Å². The maximum absolute atomic E-state index is 11.5. The minimum absolute atomic E-state index is 0.0463. The van der Waals surface area contributed by atoms with Crippen molar-refractivity contribution < 1.29 is 9.53 Å². The van der Waals surface area contributed by atoms with Crippen molar-refractivity contribution in [1.82, 2.24) is 9.80 Å². The van der Waals surface area contributed by atoms with Crippen LogP contribution in [0.1, 0.15) is 12.8 Å². The molecule has 1 amide bonds. The molecule has 2 heterocycles. The number of carbonyl (C=O) groups excluding carboxylic acids is 1. The Morgan fingerprint density at radius 3 is 2.38 bits per heavy atom. The number of nitrogens with zero attached hydrogens (tertiary/aromatic N) is 2. The zero-order chi connectivity index (χ0) is 9.47. The van der Waals surface area contributed by atoms with E-state index in [2.05, 4.69) is 4.90 Å². The van der Waals surface area contributed by atoms with Crippen LogP contribution in [0.2, 0.25) is 0 Å². The first-order chi connectivity index (χ1) is 6.17. The molecule has 0 radical (unpaired) electrons. The van der Waals surface area contributed by atoms with E-state index in [0.29, 0.717) is 6.54 Å². The predicted molar refractivity (Wildman–Crippen MR) is 48.2 cm³/mol. The van der Waals surface area contributed by atoms with Crippen LogP contribution in [0.3, 0.4) is 0 Å². The number of amides is 1. The van der Waals surface area contributed by atoms with Gasteiger partial charge in [-0.3, -0.25) is 9.69 Å². The highest BCUT2D eigenvalue weighted by molar-refractivity contribution is 5.81. The molecular weight excluding hydrogens is 168 g/mol. The quantitative estimate of drug-likeness (QED) is 0.527. The Hall–Kier alpha value is -0.610. The van der Waals surface area contributed by atoms with Crippen molar-refractivity contribution in [3.63, 3.8) is 0 Å². The molecular formula is C9H16N2O2. The Morgan fingerprint density at radius 2 is 1.92 bits per heavy atom. The van der Waals surface area contributed by atoms with Crippen LogP contribution in [-0.4, -0.2) is 55.2 Å². The molecule has 0 aromatic rings. The molecule has 2 rings (SSSR count). The van der Waals surface area contributed by atoms with Crippen LogP contribution in [0, 0.1) is 0 Å². The third-order valence-electron chi connectivity index (χ3n) is 3.37. The van der Waals surface area contributed by atoms with Crippen LogP contribution in [0.25, 0.3) is 0 Å². The molecule has 0 atom stereocenters. The number of likely N-dealkylation sites (N-methyl/N-ethyl adjacent to an activating group) is 2. The number of rotatable bonds is 0. The van der Waals surface area contributed by atoms with Gasteiger partial charge in [0.2, 0.25) is 5.91 Å². The second-order valence-electron chi connectivity index (χ2n) is 3.90. The highest BCUT2D eigenvalue weighted by Crippen LogP contribution is 2.33. The van der Waals surface area contributed by atoms with Crippen LogP contribution in [0.15, 0.2) is 0 Å². The third kappa shape index (κ3) is 1.16. The molecule has 74 valence electrons. The lowest BCUT2D eigenvalue weighted by atomic mass is 9.99. The molecule has 2 aliphatic heterocycles. The third-order valence-corrected chi connectivity index (χ3v) is 3.37. The van der Waals surface area contributed by atoms with Crippen LogP contribution >= 0.6 is 0 Å². The average Bonchev–Trinajstić information content (AvgIpc) is 2.34. The van der Waals surface area contributed by atoms with Gasteiger partial charge in [-0.25, -0.2) is 0 Å². The molecule has 0 bridgehead atoms. The van der Waals surface area contributed by atoms with Gasteiger partial charge in [-0.05, 0) is 7.05 Å². The number of hydrogen-bond donors (Lipinski definition) is 0. The second kappa shape index (κ2) is 2.96. The predicted octanol–water partition coefficient (Wildman–Crippen LogP) is -0.103. The van der Waals surface area contributed by atoms with Crippen LogP contribution in [0.4, 0.5) is 0 Å². The maximum Gasteiger partial charge on any atom is 0.238 e. The monoisotopic (exact) mass is 184 g/mol. The normalized spacial score (nSPS) is 28.8. The van der Waals surface area contributed by atoms with Crippen molar-refractivity contribution in [1.29, 1.82) is 0 Å². The topological polar surface area (TPSA) is 32.8 Å². The van der Waals surface area contributed by atoms with E-state index in [0.717, 1.165) is 26.1 Å². The van der Waals surface area contributed by atoms with Crippen molar-refractivity contribution in [2.75, 3.05) is 33.9 Å². The van der Waals surface area contributed by atoms with Crippen molar-refractivity contribution >= 4 is 5.91 Å². The van der Waals surface area contributed by atoms with E-state index in [1.165, 1.54) is 0 Å². The van der Waals surface area contributed by atoms with Crippen molar-refractivity contribution in [3.05, 3.63) is 0 Å². The first kappa shape index (κ1) is 8.97. The molecule has 0 aromatic heterocycles. The average molecular weight is 184 g/mol. The Morgan fingerprint density at radius 1 is 1.31 bits per heavy atom. The van der Waals surface area contributed by atoms with E-state index >= 15 is 0 Å². The summed E-state index contributed by atoms with van der Waals surface area (Å²) in [5.74, 6) is 0.226. The largest absolute Gasteiger partial charge is 0.381 e. The summed E-state index contributed by atoms with van der Waals surface area (Å²) in [4.78, 5) is 15.5. The van der Waals surface area contributed by atoms with E-state index in [1.54, 1.807) is 0 Å². The Labute approximate surface area is 78.4 Å². The minimum Gasteiger partial charge on any atom is -0.381 e. The first-order valence-electron chi connectivity index (χ1n) is 4.72. The lowest BCUT2D eigenvalue weighted by Crippen LogP contribution is -2.54. The van der Waals surface area contributed by atoms with Crippen molar-refractivity contribution in [3.8, 4) is 0 Å². The van der Waals surface area contributed by atoms with Crippen LogP contribution in [0.5, 0.6) is 0 Å². The molecule has 0 N–H and O–H groups in total. The van der Waals surface area contributed by atoms with Gasteiger partial charge in [-0.2, -0.15) is 0 Å². The highest BCUT2D eigenvalue weighted by atomic mass is 16.5. The van der Waals surface area contributed by atoms with Gasteiger partial charge in [0.05, 0.1) is 19.8 Å². The Bertz CT molecular complexity index is 224. The smallest absolute Gasteiger partial charge is 0.238 e. The van der Waals surface area contributed by atoms with Gasteiger partial charge in [-0.1, -0.05) is 0 Å². The Balaban J connectivity index is 2.23. The molecule has 0 aliphatic carbocycles. The minimum atomic E-state index is -0.0463. The Kier molecular flexibility index (Phi) is 2.04. The van der Waals surface area contributed by atoms with E-state index in [-0.39, 0.29) is 11.6 Å². The fourth-order valence-electron chi connectivity index (χ4n) is 2.36. The zero-order valence-corrected chi connectivity index (χ0v) is 8.25. The SMILES string of the molecule is CN1CC(=O)N(C)C12CCOCC2. The summed E-state index contributed by atoms with van der Waals surface area (Å²) in [6.45, 7) is 2.08.